The van der Waals surface area contributed by atoms with Gasteiger partial charge in [-0.2, -0.15) is 0 Å². The Morgan fingerprint density at radius 1 is 0.215 bits per heavy atom. The molecule has 24 aromatic rings. The first-order valence-electron chi connectivity index (χ1n) is 47.0. The van der Waals surface area contributed by atoms with Crippen LogP contribution >= 0.6 is 0 Å². The van der Waals surface area contributed by atoms with Gasteiger partial charge in [-0.25, -0.2) is 0 Å². The molecule has 0 spiro atoms. The molecule has 29 rings (SSSR count). The van der Waals surface area contributed by atoms with E-state index in [-0.39, 0.29) is 12.0 Å². The van der Waals surface area contributed by atoms with Gasteiger partial charge in [0.05, 0.1) is 107 Å². The predicted octanol–water partition coefficient (Wildman–Crippen LogP) is 33.4. The molecule has 2 atom stereocenters. The van der Waals surface area contributed by atoms with Gasteiger partial charge in [0.25, 0.3) is 0 Å². The van der Waals surface area contributed by atoms with E-state index in [0.717, 1.165) is 181 Å². The Morgan fingerprint density at radius 3 is 1.02 bits per heavy atom. The van der Waals surface area contributed by atoms with Crippen LogP contribution in [0.25, 0.3) is 177 Å². The van der Waals surface area contributed by atoms with E-state index in [0.29, 0.717) is 0 Å². The highest BCUT2D eigenvalue weighted by Gasteiger charge is 2.45. The summed E-state index contributed by atoms with van der Waals surface area (Å²) < 4.78 is 12.5. The Hall–Kier alpha value is -17.7. The summed E-state index contributed by atoms with van der Waals surface area (Å²) in [7, 11) is 0. The highest BCUT2D eigenvalue weighted by Crippen LogP contribution is 2.68. The van der Waals surface area contributed by atoms with Crippen molar-refractivity contribution in [2.24, 2.45) is 0 Å². The summed E-state index contributed by atoms with van der Waals surface area (Å²) in [5.41, 5.74) is 40.1. The SMILES string of the molecule is C1=CC2c3c(-c4cccc(-c5cccc6c5c5ccccc5n6-c5ccccc5)c4N4c5cc(-n6c7c(c8ccccc86)C=CCC7)ccc5N5c6ccc(-n7c8ccccc8c8ccccc87)cc6N(c6c(-c7cccc8c7c7ccccc7n8-c7ccccc7)cccc6-c6cccc7c6c6ccccc6n7-c6ccccc6)c6cccc4c65)cccc3N(c3ccccc3)C2C=C1. The molecule has 0 N–H and O–H groups in total. The molecule has 19 aromatic carbocycles. The lowest BCUT2D eigenvalue weighted by atomic mass is 9.84. The number of anilines is 11. The summed E-state index contributed by atoms with van der Waals surface area (Å²) >= 11 is 0. The molecule has 0 radical (unpaired) electrons. The molecule has 0 fully saturated rings. The summed E-state index contributed by atoms with van der Waals surface area (Å²) in [4.78, 5) is 10.7. The number of allylic oxidation sites excluding steroid dienone is 3. The van der Waals surface area contributed by atoms with Crippen molar-refractivity contribution in [1.29, 1.82) is 0 Å². The first-order valence-corrected chi connectivity index (χ1v) is 47.0. The fourth-order valence-corrected chi connectivity index (χ4v) is 24.2. The third-order valence-corrected chi connectivity index (χ3v) is 29.5. The molecule has 5 aromatic heterocycles. The molecule has 8 heterocycles. The van der Waals surface area contributed by atoms with Gasteiger partial charge < -0.3 is 42.4 Å². The number of benzene rings is 19. The smallest absolute Gasteiger partial charge is 0.0947 e. The van der Waals surface area contributed by atoms with Gasteiger partial charge in [-0.3, -0.25) is 0 Å². The van der Waals surface area contributed by atoms with Gasteiger partial charge in [0.15, 0.2) is 0 Å². The van der Waals surface area contributed by atoms with Crippen molar-refractivity contribution < 1.29 is 0 Å². The largest absolute Gasteiger partial charge is 0.333 e. The van der Waals surface area contributed by atoms with Crippen molar-refractivity contribution in [3.8, 4) is 72.9 Å². The summed E-state index contributed by atoms with van der Waals surface area (Å²) in [5, 5.41) is 10.7. The Morgan fingerprint density at radius 2 is 0.548 bits per heavy atom. The molecule has 9 nitrogen and oxygen atoms in total. The van der Waals surface area contributed by atoms with E-state index in [2.05, 4.69) is 510 Å². The van der Waals surface area contributed by atoms with Crippen LogP contribution < -0.4 is 19.6 Å². The van der Waals surface area contributed by atoms with E-state index in [9.17, 15) is 0 Å². The number of hydrogen-bond donors (Lipinski definition) is 0. The van der Waals surface area contributed by atoms with Gasteiger partial charge in [-0.1, -0.05) is 309 Å². The van der Waals surface area contributed by atoms with Crippen LogP contribution in [0.1, 0.15) is 29.2 Å². The molecular weight excluding hydrogens is 1640 g/mol. The molecule has 2 unspecified atom stereocenters. The Bertz CT molecular complexity index is 9010. The molecule has 0 saturated heterocycles. The fourth-order valence-electron chi connectivity index (χ4n) is 24.2. The monoisotopic (exact) mass is 1720 g/mol. The Labute approximate surface area is 779 Å². The highest BCUT2D eigenvalue weighted by molar-refractivity contribution is 6.25. The lowest BCUT2D eigenvalue weighted by Crippen LogP contribution is -2.31. The van der Waals surface area contributed by atoms with Crippen molar-refractivity contribution in [1.82, 2.24) is 22.8 Å². The number of hydrogen-bond acceptors (Lipinski definition) is 4. The fraction of sp³-hybridized carbons (Fsp3) is 0.0317. The van der Waals surface area contributed by atoms with Crippen molar-refractivity contribution in [3.63, 3.8) is 0 Å². The second kappa shape index (κ2) is 29.4. The minimum absolute atomic E-state index is 0.000803. The van der Waals surface area contributed by atoms with E-state index >= 15 is 0 Å². The Kier molecular flexibility index (Phi) is 16.4. The first kappa shape index (κ1) is 75.2. The van der Waals surface area contributed by atoms with E-state index < -0.39 is 0 Å². The highest BCUT2D eigenvalue weighted by atomic mass is 15.3. The van der Waals surface area contributed by atoms with E-state index in [1.807, 2.05) is 0 Å². The molecule has 0 amide bonds. The van der Waals surface area contributed by atoms with Crippen LogP contribution in [0.2, 0.25) is 0 Å². The molecule has 0 bridgehead atoms. The van der Waals surface area contributed by atoms with Crippen molar-refractivity contribution in [3.05, 3.63) is 478 Å². The maximum atomic E-state index is 2.74. The molecule has 0 saturated carbocycles. The standard InChI is InChI=1S/C126H83N9/c1-5-36-80(37-6-1)127-106-64-25-17-48-98(106)120-90(52-31-68-112(120)127)94-56-29-57-95(91-53-32-69-113-121(91)99-49-18-26-65-107(99)128(113)81-38-7-2-8-39-81)124(94)134-116-72-35-73-117-126(116)133(110-76-74-84(78-118(110)134)131-102-60-21-13-44-86(102)87-45-14-22-61-103(87)131)111-77-75-85(132-104-62-23-15-46-88(104)89-47-16-24-63-105(89)132)79-119(111)135(117)125-96(92-54-33-70-114-122(92)100-50-19-27-66-108(100)129(114)82-40-9-3-10-41-82)58-30-59-97(125)93-55-34-71-115-123(93)101-51-20-28-67-109(101)130(115)83-42-11-4-12-43-83/h1-23,25-62,64-79,100,108H,24,63H2. The average Bonchev–Trinajstić information content (AvgIpc) is 1.36. The van der Waals surface area contributed by atoms with Gasteiger partial charge >= 0.3 is 0 Å². The maximum Gasteiger partial charge on any atom is 0.0947 e. The maximum absolute atomic E-state index is 2.74. The summed E-state index contributed by atoms with van der Waals surface area (Å²) in [6, 6.07) is 163. The molecular formula is C126H83N9. The van der Waals surface area contributed by atoms with Gasteiger partial charge in [-0.05, 0) is 198 Å². The zero-order valence-corrected chi connectivity index (χ0v) is 73.5. The summed E-state index contributed by atoms with van der Waals surface area (Å²) in [5.74, 6) is 0.000803. The van der Waals surface area contributed by atoms with Crippen LogP contribution in [0.15, 0.2) is 461 Å². The molecule has 5 aliphatic rings. The lowest BCUT2D eigenvalue weighted by Gasteiger charge is -2.48. The number of aromatic nitrogens is 5. The third-order valence-electron chi connectivity index (χ3n) is 29.5. The third kappa shape index (κ3) is 10.9. The zero-order chi connectivity index (χ0) is 88.2. The zero-order valence-electron chi connectivity index (χ0n) is 73.5. The van der Waals surface area contributed by atoms with Crippen LogP contribution in [0.3, 0.4) is 0 Å². The van der Waals surface area contributed by atoms with Crippen LogP contribution in [0.5, 0.6) is 0 Å². The molecule has 632 valence electrons. The van der Waals surface area contributed by atoms with Gasteiger partial charge in [-0.15, -0.1) is 0 Å². The topological polar surface area (TPSA) is 37.6 Å². The predicted molar refractivity (Wildman–Crippen MR) is 564 cm³/mol. The van der Waals surface area contributed by atoms with Crippen LogP contribution in [-0.4, -0.2) is 28.9 Å². The van der Waals surface area contributed by atoms with Crippen LogP contribution in [0.4, 0.5) is 62.6 Å². The number of nitrogens with zero attached hydrogens (tertiary/aromatic N) is 9. The Balaban J connectivity index is 0.782. The second-order valence-electron chi connectivity index (χ2n) is 36.3. The van der Waals surface area contributed by atoms with Crippen LogP contribution in [-0.2, 0) is 6.42 Å². The summed E-state index contributed by atoms with van der Waals surface area (Å²) in [6.07, 6.45) is 16.0. The van der Waals surface area contributed by atoms with Crippen LogP contribution in [0, 0.1) is 0 Å². The number of rotatable bonds is 12. The molecule has 2 aliphatic carbocycles. The number of fused-ring (bicyclic) bond motifs is 22. The molecule has 3 aliphatic heterocycles. The normalized spacial score (nSPS) is 14.6. The lowest BCUT2D eigenvalue weighted by molar-refractivity contribution is 0.745. The van der Waals surface area contributed by atoms with E-state index in [1.165, 1.54) is 82.1 Å². The van der Waals surface area contributed by atoms with Crippen molar-refractivity contribution >= 4 is 167 Å². The first-order chi connectivity index (χ1) is 67.1. The van der Waals surface area contributed by atoms with E-state index in [1.54, 1.807) is 0 Å². The second-order valence-corrected chi connectivity index (χ2v) is 36.3. The number of para-hydroxylation sites is 13. The van der Waals surface area contributed by atoms with E-state index in [4.69, 9.17) is 0 Å². The van der Waals surface area contributed by atoms with Crippen molar-refractivity contribution in [2.75, 3.05) is 19.6 Å². The van der Waals surface area contributed by atoms with Gasteiger partial charge in [0.2, 0.25) is 0 Å². The minimum Gasteiger partial charge on any atom is -0.333 e. The average molecular weight is 1720 g/mol. The molecule has 135 heavy (non-hydrogen) atoms. The minimum atomic E-state index is 0.000803. The van der Waals surface area contributed by atoms with Crippen molar-refractivity contribution in [2.45, 2.75) is 24.8 Å². The van der Waals surface area contributed by atoms with Gasteiger partial charge in [0.1, 0.15) is 0 Å². The molecule has 9 heteroatoms. The quantitative estimate of drug-likeness (QED) is 0.122. The van der Waals surface area contributed by atoms with Gasteiger partial charge in [0, 0.05) is 128 Å². The summed E-state index contributed by atoms with van der Waals surface area (Å²) in [6.45, 7) is 0.